The number of nitrogens with zero attached hydrogens (tertiary/aromatic N) is 3. The molecule has 6 nitrogen and oxygen atoms in total. The Balaban J connectivity index is 0.00000205. The van der Waals surface area contributed by atoms with Crippen LogP contribution in [-0.4, -0.2) is 27.0 Å². The van der Waals surface area contributed by atoms with E-state index in [-0.39, 0.29) is 0 Å². The summed E-state index contributed by atoms with van der Waals surface area (Å²) in [5.74, 6) is 0.680. The minimum Gasteiger partial charge on any atom is -0.388 e. The van der Waals surface area contributed by atoms with Crippen LogP contribution in [-0.2, 0) is 0 Å². The fourth-order valence-electron chi connectivity index (χ4n) is 4.04. The average molecular weight is 519 g/mol. The first-order chi connectivity index (χ1) is 19.0. The Kier molecular flexibility index (Phi) is 10.2. The molecule has 3 N–H and O–H groups in total. The second kappa shape index (κ2) is 13.7. The van der Waals surface area contributed by atoms with Gasteiger partial charge in [-0.05, 0) is 60.9 Å². The number of fused-ring (bicyclic) bond motifs is 1. The van der Waals surface area contributed by atoms with Crippen LogP contribution in [0.15, 0.2) is 104 Å². The van der Waals surface area contributed by atoms with Gasteiger partial charge in [-0.1, -0.05) is 58.7 Å². The van der Waals surface area contributed by atoms with Crippen LogP contribution >= 0.6 is 0 Å². The minimum absolute atomic E-state index is 0.680. The number of pyridine rings is 2. The molecule has 200 valence electrons. The number of imidazole rings is 1. The van der Waals surface area contributed by atoms with Gasteiger partial charge in [-0.2, -0.15) is 0 Å². The fraction of sp³-hybridized carbons (Fsp3) is 0.182. The van der Waals surface area contributed by atoms with Crippen LogP contribution in [0.5, 0.6) is 0 Å². The van der Waals surface area contributed by atoms with Crippen LogP contribution in [0.2, 0.25) is 0 Å². The summed E-state index contributed by atoms with van der Waals surface area (Å²) in [6.45, 7) is 20.5. The number of hydrogen-bond acceptors (Lipinski definition) is 5. The monoisotopic (exact) mass is 518 g/mol. The molecule has 6 heteroatoms. The number of rotatable bonds is 10. The molecule has 4 rings (SSSR count). The Morgan fingerprint density at radius 2 is 1.90 bits per heavy atom. The summed E-state index contributed by atoms with van der Waals surface area (Å²) >= 11 is 0. The van der Waals surface area contributed by atoms with Gasteiger partial charge in [-0.15, -0.1) is 0 Å². The van der Waals surface area contributed by atoms with Crippen LogP contribution in [0.1, 0.15) is 51.1 Å². The van der Waals surface area contributed by atoms with Gasteiger partial charge in [0.05, 0.1) is 17.4 Å². The molecule has 0 aliphatic rings. The number of nitrogens with one attached hydrogen (secondary N) is 3. The summed E-state index contributed by atoms with van der Waals surface area (Å²) in [5, 5.41) is 6.61. The molecule has 3 aromatic heterocycles. The normalized spacial score (nSPS) is 11.4. The summed E-state index contributed by atoms with van der Waals surface area (Å²) in [7, 11) is 1.90. The maximum absolute atomic E-state index is 4.92. The van der Waals surface area contributed by atoms with Gasteiger partial charge in [-0.25, -0.2) is 4.98 Å². The lowest BCUT2D eigenvalue weighted by molar-refractivity contribution is 0.921. The van der Waals surface area contributed by atoms with Crippen molar-refractivity contribution in [1.82, 2.24) is 25.3 Å². The Labute approximate surface area is 232 Å². The third kappa shape index (κ3) is 6.60. The lowest BCUT2D eigenvalue weighted by Crippen LogP contribution is -2.09. The highest BCUT2D eigenvalue weighted by molar-refractivity contribution is 5.93. The largest absolute Gasteiger partial charge is 0.388 e. The van der Waals surface area contributed by atoms with Crippen molar-refractivity contribution in [3.05, 3.63) is 121 Å². The van der Waals surface area contributed by atoms with Crippen molar-refractivity contribution in [2.75, 3.05) is 12.4 Å². The van der Waals surface area contributed by atoms with E-state index in [1.165, 1.54) is 0 Å². The second-order valence-corrected chi connectivity index (χ2v) is 8.50. The van der Waals surface area contributed by atoms with E-state index in [2.05, 4.69) is 82.6 Å². The molecule has 0 radical (unpaired) electrons. The average Bonchev–Trinajstić information content (AvgIpc) is 3.44. The highest BCUT2D eigenvalue weighted by atomic mass is 14.9. The van der Waals surface area contributed by atoms with Gasteiger partial charge in [-0.3, -0.25) is 9.97 Å². The molecule has 0 atom stereocenters. The lowest BCUT2D eigenvalue weighted by Gasteiger charge is -2.14. The van der Waals surface area contributed by atoms with Gasteiger partial charge in [0, 0.05) is 53.2 Å². The molecule has 0 saturated heterocycles. The SMILES string of the molecule is C=C/C(=C\C(=C/C)c1ccc(NC)c(C(=C)c2nc3c(-c4ccccn4)cncc3[nH]2)c1)NC(=C)CC.CC. The quantitative estimate of drug-likeness (QED) is 0.185. The maximum Gasteiger partial charge on any atom is 0.138 e. The molecule has 0 fully saturated rings. The van der Waals surface area contributed by atoms with E-state index in [9.17, 15) is 0 Å². The van der Waals surface area contributed by atoms with E-state index in [4.69, 9.17) is 4.98 Å². The molecule has 0 saturated carbocycles. The fourth-order valence-corrected chi connectivity index (χ4v) is 4.04. The molecule has 0 spiro atoms. The topological polar surface area (TPSA) is 78.5 Å². The van der Waals surface area contributed by atoms with Crippen LogP contribution in [0.4, 0.5) is 5.69 Å². The molecule has 39 heavy (non-hydrogen) atoms. The zero-order valence-electron chi connectivity index (χ0n) is 23.6. The first-order valence-corrected chi connectivity index (χ1v) is 13.2. The lowest BCUT2D eigenvalue weighted by atomic mass is 9.96. The third-order valence-electron chi connectivity index (χ3n) is 6.16. The highest BCUT2D eigenvalue weighted by Gasteiger charge is 2.16. The van der Waals surface area contributed by atoms with E-state index in [0.717, 1.165) is 68.1 Å². The van der Waals surface area contributed by atoms with Crippen molar-refractivity contribution in [3.63, 3.8) is 0 Å². The first kappa shape index (κ1) is 28.9. The van der Waals surface area contributed by atoms with Crippen LogP contribution in [0, 0.1) is 0 Å². The molecule has 0 amide bonds. The van der Waals surface area contributed by atoms with Gasteiger partial charge in [0.1, 0.15) is 11.3 Å². The van der Waals surface area contributed by atoms with Gasteiger partial charge in [0.25, 0.3) is 0 Å². The number of aromatic nitrogens is 4. The number of hydrogen-bond donors (Lipinski definition) is 3. The summed E-state index contributed by atoms with van der Waals surface area (Å²) in [6, 6.07) is 12.1. The predicted molar refractivity (Wildman–Crippen MR) is 167 cm³/mol. The van der Waals surface area contributed by atoms with E-state index in [0.29, 0.717) is 5.82 Å². The minimum atomic E-state index is 0.680. The molecule has 0 aliphatic carbocycles. The molecule has 1 aromatic carbocycles. The van der Waals surface area contributed by atoms with Crippen molar-refractivity contribution in [2.45, 2.75) is 34.1 Å². The Bertz CT molecular complexity index is 1520. The molecule has 0 unspecified atom stereocenters. The first-order valence-electron chi connectivity index (χ1n) is 13.2. The Hall–Kier alpha value is -4.71. The molecule has 0 aliphatic heterocycles. The van der Waals surface area contributed by atoms with Crippen molar-refractivity contribution in [3.8, 4) is 11.3 Å². The summed E-state index contributed by atoms with van der Waals surface area (Å²) in [4.78, 5) is 17.2. The number of H-pyrrole nitrogens is 1. The number of aromatic amines is 1. The van der Waals surface area contributed by atoms with Crippen LogP contribution in [0.3, 0.4) is 0 Å². The molecular weight excluding hydrogens is 480 g/mol. The molecule has 4 aromatic rings. The summed E-state index contributed by atoms with van der Waals surface area (Å²) < 4.78 is 0. The second-order valence-electron chi connectivity index (χ2n) is 8.50. The third-order valence-corrected chi connectivity index (χ3v) is 6.16. The molecule has 3 heterocycles. The van der Waals surface area contributed by atoms with Crippen molar-refractivity contribution < 1.29 is 0 Å². The smallest absolute Gasteiger partial charge is 0.138 e. The summed E-state index contributed by atoms with van der Waals surface area (Å²) in [5.41, 5.74) is 9.94. The number of allylic oxidation sites excluding steroid dienone is 5. The van der Waals surface area contributed by atoms with Crippen molar-refractivity contribution >= 4 is 27.9 Å². The Morgan fingerprint density at radius 1 is 1.10 bits per heavy atom. The predicted octanol–water partition coefficient (Wildman–Crippen LogP) is 8.14. The van der Waals surface area contributed by atoms with Crippen molar-refractivity contribution in [2.24, 2.45) is 0 Å². The van der Waals surface area contributed by atoms with E-state index in [1.807, 2.05) is 46.0 Å². The van der Waals surface area contributed by atoms with Gasteiger partial charge >= 0.3 is 0 Å². The zero-order valence-corrected chi connectivity index (χ0v) is 23.6. The van der Waals surface area contributed by atoms with E-state index < -0.39 is 0 Å². The van der Waals surface area contributed by atoms with Crippen molar-refractivity contribution in [1.29, 1.82) is 0 Å². The zero-order chi connectivity index (χ0) is 28.4. The molecule has 0 bridgehead atoms. The highest BCUT2D eigenvalue weighted by Crippen LogP contribution is 2.33. The standard InChI is InChI=1S/C31H32N6.C2H6/c1-7-20(4)35-24(9-3)16-22(8-2)23-13-14-27(32-6)25(17-23)21(5)31-36-29-19-33-18-26(30(29)37-31)28-12-10-11-15-34-28;1-2/h8-19,32,35H,3-5,7H2,1-2,6H3,(H,36,37);1-2H3/b22-8+,24-16+;. The summed E-state index contributed by atoms with van der Waals surface area (Å²) in [6.07, 6.45) is 12.1. The Morgan fingerprint density at radius 3 is 2.54 bits per heavy atom. The van der Waals surface area contributed by atoms with E-state index in [1.54, 1.807) is 24.7 Å². The van der Waals surface area contributed by atoms with Gasteiger partial charge < -0.3 is 15.6 Å². The van der Waals surface area contributed by atoms with Crippen LogP contribution in [0.25, 0.3) is 33.4 Å². The number of benzene rings is 1. The van der Waals surface area contributed by atoms with Gasteiger partial charge in [0.2, 0.25) is 0 Å². The van der Waals surface area contributed by atoms with Gasteiger partial charge in [0.15, 0.2) is 0 Å². The van der Waals surface area contributed by atoms with E-state index >= 15 is 0 Å². The molecular formula is C33H38N6. The number of anilines is 1. The maximum atomic E-state index is 4.92. The van der Waals surface area contributed by atoms with Crippen LogP contribution < -0.4 is 10.6 Å².